The highest BCUT2D eigenvalue weighted by atomic mass is 32.2. The first-order valence-corrected chi connectivity index (χ1v) is 11.6. The molecule has 0 bridgehead atoms. The lowest BCUT2D eigenvalue weighted by Crippen LogP contribution is -2.49. The van der Waals surface area contributed by atoms with Crippen LogP contribution in [0.4, 0.5) is 0 Å². The van der Waals surface area contributed by atoms with Crippen LogP contribution in [-0.2, 0) is 14.8 Å². The summed E-state index contributed by atoms with van der Waals surface area (Å²) in [6.45, 7) is 6.49. The van der Waals surface area contributed by atoms with Crippen molar-refractivity contribution in [3.8, 4) is 0 Å². The smallest absolute Gasteiger partial charge is 0.251 e. The molecule has 29 heavy (non-hydrogen) atoms. The maximum absolute atomic E-state index is 12.8. The van der Waals surface area contributed by atoms with Crippen molar-refractivity contribution in [1.29, 1.82) is 0 Å². The van der Waals surface area contributed by atoms with E-state index >= 15 is 0 Å². The highest BCUT2D eigenvalue weighted by Gasteiger charge is 2.31. The van der Waals surface area contributed by atoms with E-state index in [4.69, 9.17) is 0 Å². The van der Waals surface area contributed by atoms with Gasteiger partial charge in [-0.2, -0.15) is 4.31 Å². The van der Waals surface area contributed by atoms with Crippen molar-refractivity contribution in [3.63, 3.8) is 0 Å². The second kappa shape index (κ2) is 8.25. The van der Waals surface area contributed by atoms with E-state index in [1.54, 1.807) is 11.3 Å². The number of amides is 2. The Labute approximate surface area is 175 Å². The molecule has 1 aromatic heterocycles. The molecule has 9 heteroatoms. The number of piperazine rings is 1. The van der Waals surface area contributed by atoms with E-state index in [-0.39, 0.29) is 47.8 Å². The number of sulfonamides is 1. The second-order valence-electron chi connectivity index (χ2n) is 8.00. The van der Waals surface area contributed by atoms with Crippen LogP contribution in [0, 0.1) is 5.41 Å². The minimum absolute atomic E-state index is 0.0642. The molecular weight excluding hydrogens is 410 g/mol. The summed E-state index contributed by atoms with van der Waals surface area (Å²) >= 11 is 1.58. The molecule has 156 valence electrons. The van der Waals surface area contributed by atoms with Crippen LogP contribution in [0.5, 0.6) is 0 Å². The lowest BCUT2D eigenvalue weighted by atomic mass is 9.85. The number of carbonyl (C=O) groups is 2. The van der Waals surface area contributed by atoms with E-state index in [1.807, 2.05) is 17.5 Å². The van der Waals surface area contributed by atoms with E-state index in [9.17, 15) is 18.0 Å². The predicted molar refractivity (Wildman–Crippen MR) is 112 cm³/mol. The molecule has 1 aromatic carbocycles. The molecule has 1 aliphatic rings. The monoisotopic (exact) mass is 435 g/mol. The van der Waals surface area contributed by atoms with Gasteiger partial charge in [-0.1, -0.05) is 26.8 Å². The van der Waals surface area contributed by atoms with Crippen LogP contribution in [0.1, 0.15) is 42.0 Å². The SMILES string of the molecule is CC(C)(C)C(NC(=O)c1ccc(S(=O)(=O)N2CCNC(=O)C2)cc1)c1cccs1. The minimum atomic E-state index is -3.78. The van der Waals surface area contributed by atoms with E-state index in [1.165, 1.54) is 24.3 Å². The molecule has 3 rings (SSSR count). The van der Waals surface area contributed by atoms with Gasteiger partial charge in [0.25, 0.3) is 5.91 Å². The summed E-state index contributed by atoms with van der Waals surface area (Å²) in [6, 6.07) is 9.60. The summed E-state index contributed by atoms with van der Waals surface area (Å²) in [5.41, 5.74) is 0.199. The molecule has 7 nitrogen and oxygen atoms in total. The van der Waals surface area contributed by atoms with Gasteiger partial charge in [0.2, 0.25) is 15.9 Å². The van der Waals surface area contributed by atoms with Crippen molar-refractivity contribution >= 4 is 33.2 Å². The van der Waals surface area contributed by atoms with Crippen LogP contribution in [0.2, 0.25) is 0 Å². The van der Waals surface area contributed by atoms with Crippen molar-refractivity contribution < 1.29 is 18.0 Å². The molecule has 1 unspecified atom stereocenters. The average Bonchev–Trinajstić information content (AvgIpc) is 3.19. The van der Waals surface area contributed by atoms with Gasteiger partial charge in [0, 0.05) is 23.5 Å². The molecule has 2 N–H and O–H groups in total. The first-order chi connectivity index (χ1) is 13.6. The van der Waals surface area contributed by atoms with Crippen LogP contribution in [0.3, 0.4) is 0 Å². The van der Waals surface area contributed by atoms with Crippen molar-refractivity contribution in [2.24, 2.45) is 5.41 Å². The standard InChI is InChI=1S/C20H25N3O4S2/c1-20(2,3)18(16-5-4-12-28-16)22-19(25)14-6-8-15(9-7-14)29(26,27)23-11-10-21-17(24)13-23/h4-9,12,18H,10-11,13H2,1-3H3,(H,21,24)(H,22,25). The molecule has 2 aromatic rings. The molecule has 1 atom stereocenters. The van der Waals surface area contributed by atoms with Crippen LogP contribution in [-0.4, -0.2) is 44.2 Å². The fraction of sp³-hybridized carbons (Fsp3) is 0.400. The van der Waals surface area contributed by atoms with Gasteiger partial charge in [-0.25, -0.2) is 8.42 Å². The van der Waals surface area contributed by atoms with Gasteiger partial charge >= 0.3 is 0 Å². The zero-order valence-electron chi connectivity index (χ0n) is 16.6. The quantitative estimate of drug-likeness (QED) is 0.754. The zero-order chi connectivity index (χ0) is 21.2. The van der Waals surface area contributed by atoms with Gasteiger partial charge in [0.05, 0.1) is 17.5 Å². The fourth-order valence-corrected chi connectivity index (χ4v) is 5.55. The van der Waals surface area contributed by atoms with E-state index in [0.29, 0.717) is 5.56 Å². The Morgan fingerprint density at radius 3 is 2.45 bits per heavy atom. The van der Waals surface area contributed by atoms with Gasteiger partial charge < -0.3 is 10.6 Å². The maximum atomic E-state index is 12.8. The van der Waals surface area contributed by atoms with E-state index < -0.39 is 10.0 Å². The Balaban J connectivity index is 1.77. The molecule has 0 spiro atoms. The Kier molecular flexibility index (Phi) is 6.11. The Morgan fingerprint density at radius 1 is 1.21 bits per heavy atom. The maximum Gasteiger partial charge on any atom is 0.251 e. The number of hydrogen-bond acceptors (Lipinski definition) is 5. The van der Waals surface area contributed by atoms with Gasteiger partial charge in [0.15, 0.2) is 0 Å². The number of carbonyl (C=O) groups excluding carboxylic acids is 2. The summed E-state index contributed by atoms with van der Waals surface area (Å²) < 4.78 is 26.6. The van der Waals surface area contributed by atoms with Crippen molar-refractivity contribution in [2.75, 3.05) is 19.6 Å². The predicted octanol–water partition coefficient (Wildman–Crippen LogP) is 2.39. The minimum Gasteiger partial charge on any atom is -0.354 e. The third-order valence-electron chi connectivity index (χ3n) is 4.73. The van der Waals surface area contributed by atoms with Gasteiger partial charge in [0.1, 0.15) is 0 Å². The lowest BCUT2D eigenvalue weighted by Gasteiger charge is -2.31. The van der Waals surface area contributed by atoms with Crippen molar-refractivity contribution in [1.82, 2.24) is 14.9 Å². The first kappa shape index (κ1) is 21.5. The highest BCUT2D eigenvalue weighted by Crippen LogP contribution is 2.35. The van der Waals surface area contributed by atoms with Crippen molar-refractivity contribution in [3.05, 3.63) is 52.2 Å². The molecule has 0 saturated carbocycles. The number of nitrogens with zero attached hydrogens (tertiary/aromatic N) is 1. The summed E-state index contributed by atoms with van der Waals surface area (Å²) in [6.07, 6.45) is 0. The molecule has 2 heterocycles. The van der Waals surface area contributed by atoms with Crippen LogP contribution >= 0.6 is 11.3 Å². The van der Waals surface area contributed by atoms with E-state index in [0.717, 1.165) is 9.18 Å². The fourth-order valence-electron chi connectivity index (χ4n) is 3.13. The summed E-state index contributed by atoms with van der Waals surface area (Å²) in [7, 11) is -3.78. The molecule has 1 aliphatic heterocycles. The molecule has 0 radical (unpaired) electrons. The molecular formula is C20H25N3O4S2. The molecule has 2 amide bonds. The first-order valence-electron chi connectivity index (χ1n) is 9.30. The summed E-state index contributed by atoms with van der Waals surface area (Å²) in [4.78, 5) is 25.4. The topological polar surface area (TPSA) is 95.6 Å². The molecule has 0 aliphatic carbocycles. The number of nitrogens with one attached hydrogen (secondary N) is 2. The van der Waals surface area contributed by atoms with Crippen LogP contribution in [0.15, 0.2) is 46.7 Å². The lowest BCUT2D eigenvalue weighted by molar-refractivity contribution is -0.122. The normalized spacial score (nSPS) is 16.9. The number of thiophene rings is 1. The second-order valence-corrected chi connectivity index (χ2v) is 10.9. The van der Waals surface area contributed by atoms with Gasteiger partial charge in [-0.05, 0) is 41.1 Å². The van der Waals surface area contributed by atoms with Crippen molar-refractivity contribution in [2.45, 2.75) is 31.7 Å². The van der Waals surface area contributed by atoms with Gasteiger partial charge in [-0.3, -0.25) is 9.59 Å². The molecule has 1 saturated heterocycles. The molecule has 1 fully saturated rings. The number of rotatable bonds is 5. The Hall–Kier alpha value is -2.23. The Morgan fingerprint density at radius 2 is 1.90 bits per heavy atom. The average molecular weight is 436 g/mol. The largest absolute Gasteiger partial charge is 0.354 e. The van der Waals surface area contributed by atoms with E-state index in [2.05, 4.69) is 31.4 Å². The van der Waals surface area contributed by atoms with Gasteiger partial charge in [-0.15, -0.1) is 11.3 Å². The summed E-state index contributed by atoms with van der Waals surface area (Å²) in [5.74, 6) is -0.586. The third-order valence-corrected chi connectivity index (χ3v) is 7.52. The number of benzene rings is 1. The highest BCUT2D eigenvalue weighted by molar-refractivity contribution is 7.89. The third kappa shape index (κ3) is 4.85. The van der Waals surface area contributed by atoms with Crippen LogP contribution < -0.4 is 10.6 Å². The Bertz CT molecular complexity index is 978. The number of hydrogen-bond donors (Lipinski definition) is 2. The summed E-state index contributed by atoms with van der Waals surface area (Å²) in [5, 5.41) is 7.64. The van der Waals surface area contributed by atoms with Crippen LogP contribution in [0.25, 0.3) is 0 Å². The zero-order valence-corrected chi connectivity index (χ0v) is 18.3.